The average molecular weight is 196 g/mol. The number of nitrogens with one attached hydrogen (secondary N) is 1. The van der Waals surface area contributed by atoms with E-state index in [1.807, 2.05) is 13.8 Å². The van der Waals surface area contributed by atoms with Crippen LogP contribution in [0.1, 0.15) is 39.5 Å². The van der Waals surface area contributed by atoms with Crippen LogP contribution in [0.4, 0.5) is 4.79 Å². The second-order valence-corrected chi connectivity index (χ2v) is 4.49. The second-order valence-electron chi connectivity index (χ2n) is 4.49. The number of hydrogen-bond donors (Lipinski definition) is 1. The minimum absolute atomic E-state index is 0.0185. The molecule has 2 fully saturated rings. The number of carbonyl (C=O) groups excluding carboxylic acids is 2. The maximum Gasteiger partial charge on any atom is 0.325 e. The highest BCUT2D eigenvalue weighted by molar-refractivity contribution is 6.07. The summed E-state index contributed by atoms with van der Waals surface area (Å²) in [5.41, 5.74) is -0.540. The number of carbonyl (C=O) groups is 2. The second kappa shape index (κ2) is 2.97. The van der Waals surface area contributed by atoms with E-state index in [1.54, 1.807) is 0 Å². The van der Waals surface area contributed by atoms with E-state index in [9.17, 15) is 9.59 Å². The Morgan fingerprint density at radius 3 is 2.29 bits per heavy atom. The van der Waals surface area contributed by atoms with Gasteiger partial charge in [0.05, 0.1) is 0 Å². The van der Waals surface area contributed by atoms with Gasteiger partial charge in [-0.25, -0.2) is 4.79 Å². The molecule has 0 radical (unpaired) electrons. The quantitative estimate of drug-likeness (QED) is 0.642. The lowest BCUT2D eigenvalue weighted by atomic mass is 9.98. The Balaban J connectivity index is 2.26. The van der Waals surface area contributed by atoms with Gasteiger partial charge in [-0.15, -0.1) is 0 Å². The first-order chi connectivity index (χ1) is 6.57. The summed E-state index contributed by atoms with van der Waals surface area (Å²) in [5.74, 6) is -0.0185. The Labute approximate surface area is 83.6 Å². The summed E-state index contributed by atoms with van der Waals surface area (Å²) in [5, 5.41) is 2.85. The number of urea groups is 1. The SMILES string of the molecule is CC(C)N1C(=O)NC2(CCCC2)C1=O. The van der Waals surface area contributed by atoms with Crippen molar-refractivity contribution in [1.29, 1.82) is 0 Å². The molecule has 14 heavy (non-hydrogen) atoms. The summed E-state index contributed by atoms with van der Waals surface area (Å²) in [4.78, 5) is 25.0. The lowest BCUT2D eigenvalue weighted by Gasteiger charge is -2.21. The maximum absolute atomic E-state index is 12.0. The van der Waals surface area contributed by atoms with Crippen LogP contribution in [-0.2, 0) is 4.79 Å². The van der Waals surface area contributed by atoms with Gasteiger partial charge in [0.15, 0.2) is 0 Å². The Kier molecular flexibility index (Phi) is 2.01. The summed E-state index contributed by atoms with van der Waals surface area (Å²) in [7, 11) is 0. The minimum atomic E-state index is -0.540. The molecule has 2 rings (SSSR count). The number of imide groups is 1. The maximum atomic E-state index is 12.0. The van der Waals surface area contributed by atoms with Gasteiger partial charge < -0.3 is 5.32 Å². The van der Waals surface area contributed by atoms with Gasteiger partial charge in [0, 0.05) is 6.04 Å². The Hall–Kier alpha value is -1.06. The lowest BCUT2D eigenvalue weighted by Crippen LogP contribution is -2.44. The van der Waals surface area contributed by atoms with Gasteiger partial charge >= 0.3 is 6.03 Å². The molecule has 0 aromatic heterocycles. The first-order valence-corrected chi connectivity index (χ1v) is 5.23. The van der Waals surface area contributed by atoms with Crippen LogP contribution in [0.25, 0.3) is 0 Å². The molecule has 0 unspecified atom stereocenters. The van der Waals surface area contributed by atoms with Crippen molar-refractivity contribution in [3.8, 4) is 0 Å². The van der Waals surface area contributed by atoms with Crippen LogP contribution in [0.5, 0.6) is 0 Å². The first kappa shape index (κ1) is 9.49. The van der Waals surface area contributed by atoms with Crippen molar-refractivity contribution in [2.24, 2.45) is 0 Å². The lowest BCUT2D eigenvalue weighted by molar-refractivity contribution is -0.132. The van der Waals surface area contributed by atoms with Crippen molar-refractivity contribution in [2.75, 3.05) is 0 Å². The van der Waals surface area contributed by atoms with Gasteiger partial charge in [-0.3, -0.25) is 9.69 Å². The third kappa shape index (κ3) is 1.13. The van der Waals surface area contributed by atoms with Crippen LogP contribution in [0, 0.1) is 0 Å². The average Bonchev–Trinajstić information content (AvgIpc) is 2.61. The molecule has 4 heteroatoms. The summed E-state index contributed by atoms with van der Waals surface area (Å²) in [6, 6.07) is -0.255. The standard InChI is InChI=1S/C10H16N2O2/c1-7(2)12-8(13)10(11-9(12)14)5-3-4-6-10/h7H,3-6H2,1-2H3,(H,11,14). The molecule has 0 bridgehead atoms. The highest BCUT2D eigenvalue weighted by Crippen LogP contribution is 2.35. The minimum Gasteiger partial charge on any atom is -0.323 e. The molecule has 1 saturated heterocycles. The number of nitrogens with zero attached hydrogens (tertiary/aromatic N) is 1. The topological polar surface area (TPSA) is 49.4 Å². The van der Waals surface area contributed by atoms with E-state index < -0.39 is 5.54 Å². The van der Waals surface area contributed by atoms with Gasteiger partial charge in [-0.05, 0) is 26.7 Å². The van der Waals surface area contributed by atoms with Crippen LogP contribution in [0.3, 0.4) is 0 Å². The fourth-order valence-corrected chi connectivity index (χ4v) is 2.43. The third-order valence-electron chi connectivity index (χ3n) is 3.17. The van der Waals surface area contributed by atoms with Crippen molar-refractivity contribution in [3.05, 3.63) is 0 Å². The van der Waals surface area contributed by atoms with E-state index >= 15 is 0 Å². The van der Waals surface area contributed by atoms with Crippen LogP contribution in [0.15, 0.2) is 0 Å². The predicted molar refractivity (Wildman–Crippen MR) is 51.7 cm³/mol. The molecule has 0 aromatic rings. The summed E-state index contributed by atoms with van der Waals surface area (Å²) >= 11 is 0. The molecule has 78 valence electrons. The monoisotopic (exact) mass is 196 g/mol. The molecule has 3 amide bonds. The van der Waals surface area contributed by atoms with Crippen molar-refractivity contribution < 1.29 is 9.59 Å². The van der Waals surface area contributed by atoms with Gasteiger partial charge in [0.2, 0.25) is 0 Å². The van der Waals surface area contributed by atoms with Crippen LogP contribution in [0.2, 0.25) is 0 Å². The van der Waals surface area contributed by atoms with Crippen molar-refractivity contribution >= 4 is 11.9 Å². The normalized spacial score (nSPS) is 25.2. The molecule has 1 aliphatic heterocycles. The molecule has 0 atom stereocenters. The highest BCUT2D eigenvalue weighted by Gasteiger charge is 2.52. The molecular formula is C10H16N2O2. The molecular weight excluding hydrogens is 180 g/mol. The smallest absolute Gasteiger partial charge is 0.323 e. The fourth-order valence-electron chi connectivity index (χ4n) is 2.43. The van der Waals surface area contributed by atoms with Crippen molar-refractivity contribution in [3.63, 3.8) is 0 Å². The van der Waals surface area contributed by atoms with Crippen molar-refractivity contribution in [2.45, 2.75) is 51.1 Å². The summed E-state index contributed by atoms with van der Waals surface area (Å²) in [6.45, 7) is 3.73. The van der Waals surface area contributed by atoms with Gasteiger partial charge in [0.25, 0.3) is 5.91 Å². The number of rotatable bonds is 1. The zero-order valence-corrected chi connectivity index (χ0v) is 8.67. The Bertz CT molecular complexity index is 280. The van der Waals surface area contributed by atoms with Gasteiger partial charge in [0.1, 0.15) is 5.54 Å². The zero-order chi connectivity index (χ0) is 10.3. The molecule has 2 aliphatic rings. The zero-order valence-electron chi connectivity index (χ0n) is 8.67. The molecule has 1 heterocycles. The van der Waals surface area contributed by atoms with E-state index in [1.165, 1.54) is 4.90 Å². The molecule has 4 nitrogen and oxygen atoms in total. The van der Waals surface area contributed by atoms with Gasteiger partial charge in [-0.2, -0.15) is 0 Å². The third-order valence-corrected chi connectivity index (χ3v) is 3.17. The van der Waals surface area contributed by atoms with E-state index in [0.29, 0.717) is 0 Å². The molecule has 1 N–H and O–H groups in total. The predicted octanol–water partition coefficient (Wildman–Crippen LogP) is 1.26. The van der Waals surface area contributed by atoms with Crippen LogP contribution >= 0.6 is 0 Å². The van der Waals surface area contributed by atoms with E-state index in [4.69, 9.17) is 0 Å². The van der Waals surface area contributed by atoms with Crippen molar-refractivity contribution in [1.82, 2.24) is 10.2 Å². The fraction of sp³-hybridized carbons (Fsp3) is 0.800. The van der Waals surface area contributed by atoms with E-state index in [0.717, 1.165) is 25.7 Å². The number of hydrogen-bond acceptors (Lipinski definition) is 2. The Morgan fingerprint density at radius 1 is 1.29 bits per heavy atom. The molecule has 1 saturated carbocycles. The molecule has 1 aliphatic carbocycles. The van der Waals surface area contributed by atoms with Crippen LogP contribution < -0.4 is 5.32 Å². The number of amides is 3. The molecule has 0 aromatic carbocycles. The highest BCUT2D eigenvalue weighted by atomic mass is 16.2. The van der Waals surface area contributed by atoms with Crippen LogP contribution in [-0.4, -0.2) is 28.4 Å². The first-order valence-electron chi connectivity index (χ1n) is 5.23. The molecule has 1 spiro atoms. The summed E-state index contributed by atoms with van der Waals surface area (Å²) < 4.78 is 0. The van der Waals surface area contributed by atoms with E-state index in [-0.39, 0.29) is 18.0 Å². The van der Waals surface area contributed by atoms with E-state index in [2.05, 4.69) is 5.32 Å². The largest absolute Gasteiger partial charge is 0.325 e. The van der Waals surface area contributed by atoms with Gasteiger partial charge in [-0.1, -0.05) is 12.8 Å². The summed E-state index contributed by atoms with van der Waals surface area (Å²) in [6.07, 6.45) is 3.69. The Morgan fingerprint density at radius 2 is 1.86 bits per heavy atom.